The third-order valence-electron chi connectivity index (χ3n) is 7.47. The van der Waals surface area contributed by atoms with E-state index in [0.29, 0.717) is 16.6 Å². The number of ether oxygens (including phenoxy) is 1. The standard InChI is InChI=1S/C24H33N3O3S/c1-23(2)14-24(22(29)30-23)10-5-11-27(15-24)16-8-12-26(13-9-16)21(28)19-17-6-3-4-7-18(17)31-20(19)25/h3-4,6-7,16,22,29H,5,8-15,25H2,1-2H3. The van der Waals surface area contributed by atoms with Crippen LogP contribution in [0.2, 0.25) is 0 Å². The van der Waals surface area contributed by atoms with Crippen LogP contribution in [-0.4, -0.2) is 64.9 Å². The molecule has 0 radical (unpaired) electrons. The summed E-state index contributed by atoms with van der Waals surface area (Å²) in [7, 11) is 0. The van der Waals surface area contributed by atoms with Crippen molar-refractivity contribution in [3.8, 4) is 0 Å². The highest BCUT2D eigenvalue weighted by atomic mass is 32.1. The quantitative estimate of drug-likeness (QED) is 0.740. The van der Waals surface area contributed by atoms with Crippen LogP contribution >= 0.6 is 11.3 Å². The Kier molecular flexibility index (Phi) is 5.28. The summed E-state index contributed by atoms with van der Waals surface area (Å²) in [6.07, 6.45) is 4.26. The molecule has 1 amide bonds. The molecule has 1 aromatic heterocycles. The molecule has 6 nitrogen and oxygen atoms in total. The molecule has 168 valence electrons. The molecule has 4 heterocycles. The number of nitrogens with two attached hydrogens (primary N) is 1. The molecule has 7 heteroatoms. The molecule has 2 atom stereocenters. The van der Waals surface area contributed by atoms with Gasteiger partial charge in [0.15, 0.2) is 6.29 Å². The van der Waals surface area contributed by atoms with Gasteiger partial charge in [-0.2, -0.15) is 0 Å². The molecule has 0 bridgehead atoms. The van der Waals surface area contributed by atoms with Crippen molar-refractivity contribution >= 4 is 32.3 Å². The van der Waals surface area contributed by atoms with E-state index >= 15 is 0 Å². The number of benzene rings is 1. The first-order valence-electron chi connectivity index (χ1n) is 11.4. The van der Waals surface area contributed by atoms with Crippen molar-refractivity contribution in [3.63, 3.8) is 0 Å². The van der Waals surface area contributed by atoms with Crippen LogP contribution in [-0.2, 0) is 4.74 Å². The van der Waals surface area contributed by atoms with Gasteiger partial charge in [-0.25, -0.2) is 0 Å². The SMILES string of the molecule is CC1(C)CC2(CCCN(C3CCN(C(=O)c4c(N)sc5ccccc45)CC3)C2)C(O)O1. The Morgan fingerprint density at radius 3 is 2.68 bits per heavy atom. The Morgan fingerprint density at radius 2 is 1.97 bits per heavy atom. The zero-order chi connectivity index (χ0) is 21.8. The second-order valence-electron chi connectivity index (χ2n) is 10.2. The van der Waals surface area contributed by atoms with E-state index in [9.17, 15) is 9.90 Å². The molecular weight excluding hydrogens is 410 g/mol. The Bertz CT molecular complexity index is 982. The van der Waals surface area contributed by atoms with Crippen molar-refractivity contribution in [2.45, 2.75) is 63.9 Å². The van der Waals surface area contributed by atoms with E-state index in [2.05, 4.69) is 18.7 Å². The van der Waals surface area contributed by atoms with Gasteiger partial charge in [0.2, 0.25) is 0 Å². The number of nitrogen functional groups attached to an aromatic ring is 1. The number of fused-ring (bicyclic) bond motifs is 1. The normalized spacial score (nSPS) is 29.8. The summed E-state index contributed by atoms with van der Waals surface area (Å²) < 4.78 is 6.95. The van der Waals surface area contributed by atoms with Crippen molar-refractivity contribution in [1.29, 1.82) is 0 Å². The summed E-state index contributed by atoms with van der Waals surface area (Å²) in [5, 5.41) is 12.3. The Balaban J connectivity index is 1.25. The van der Waals surface area contributed by atoms with Gasteiger partial charge in [-0.3, -0.25) is 9.69 Å². The number of aliphatic hydroxyl groups is 1. The van der Waals surface area contributed by atoms with E-state index < -0.39 is 6.29 Å². The van der Waals surface area contributed by atoms with E-state index in [1.807, 2.05) is 29.2 Å². The highest BCUT2D eigenvalue weighted by Gasteiger charge is 2.53. The summed E-state index contributed by atoms with van der Waals surface area (Å²) in [5.74, 6) is 0.0601. The molecular formula is C24H33N3O3S. The van der Waals surface area contributed by atoms with Gasteiger partial charge in [0, 0.05) is 41.2 Å². The van der Waals surface area contributed by atoms with Crippen LogP contribution in [0.1, 0.15) is 56.3 Å². The lowest BCUT2D eigenvalue weighted by Gasteiger charge is -2.46. The number of thiophene rings is 1. The fourth-order valence-corrected chi connectivity index (χ4v) is 7.10. The van der Waals surface area contributed by atoms with Crippen molar-refractivity contribution in [1.82, 2.24) is 9.80 Å². The molecule has 3 saturated heterocycles. The minimum atomic E-state index is -0.679. The average molecular weight is 444 g/mol. The molecule has 2 unspecified atom stereocenters. The Hall–Kier alpha value is -1.67. The molecule has 1 spiro atoms. The Labute approximate surface area is 188 Å². The summed E-state index contributed by atoms with van der Waals surface area (Å²) >= 11 is 1.49. The molecule has 0 saturated carbocycles. The second-order valence-corrected chi connectivity index (χ2v) is 11.3. The van der Waals surface area contributed by atoms with Gasteiger partial charge in [-0.1, -0.05) is 18.2 Å². The van der Waals surface area contributed by atoms with Crippen LogP contribution in [0.5, 0.6) is 0 Å². The van der Waals surface area contributed by atoms with Crippen molar-refractivity contribution in [2.75, 3.05) is 31.9 Å². The number of piperidine rings is 2. The monoisotopic (exact) mass is 443 g/mol. The molecule has 31 heavy (non-hydrogen) atoms. The number of rotatable bonds is 2. The third-order valence-corrected chi connectivity index (χ3v) is 8.47. The lowest BCUT2D eigenvalue weighted by Crippen LogP contribution is -2.54. The number of carbonyl (C=O) groups excluding carboxylic acids is 1. The zero-order valence-electron chi connectivity index (χ0n) is 18.5. The molecule has 2 aromatic rings. The number of hydrogen-bond acceptors (Lipinski definition) is 6. The van der Waals surface area contributed by atoms with Gasteiger partial charge in [0.05, 0.1) is 16.2 Å². The smallest absolute Gasteiger partial charge is 0.257 e. The van der Waals surface area contributed by atoms with Gasteiger partial charge in [-0.05, 0) is 58.6 Å². The Morgan fingerprint density at radius 1 is 1.23 bits per heavy atom. The number of likely N-dealkylation sites (tertiary alicyclic amines) is 2. The number of carbonyl (C=O) groups is 1. The summed E-state index contributed by atoms with van der Waals surface area (Å²) in [6, 6.07) is 8.41. The van der Waals surface area contributed by atoms with Gasteiger partial charge in [0.1, 0.15) is 0 Å². The van der Waals surface area contributed by atoms with E-state index in [1.165, 1.54) is 11.3 Å². The number of aliphatic hydroxyl groups excluding tert-OH is 1. The van der Waals surface area contributed by atoms with Gasteiger partial charge < -0.3 is 20.5 Å². The molecule has 3 N–H and O–H groups in total. The first-order valence-corrected chi connectivity index (χ1v) is 12.3. The maximum atomic E-state index is 13.3. The molecule has 5 rings (SSSR count). The highest BCUT2D eigenvalue weighted by Crippen LogP contribution is 2.49. The van der Waals surface area contributed by atoms with Crippen LogP contribution in [0.3, 0.4) is 0 Å². The molecule has 3 aliphatic heterocycles. The van der Waals surface area contributed by atoms with Crippen molar-refractivity contribution in [3.05, 3.63) is 29.8 Å². The van der Waals surface area contributed by atoms with Crippen LogP contribution < -0.4 is 5.73 Å². The lowest BCUT2D eigenvalue weighted by molar-refractivity contribution is -0.168. The summed E-state index contributed by atoms with van der Waals surface area (Å²) in [4.78, 5) is 17.8. The number of anilines is 1. The number of nitrogens with zero attached hydrogens (tertiary/aromatic N) is 2. The first kappa shape index (κ1) is 21.2. The van der Waals surface area contributed by atoms with Gasteiger partial charge in [-0.15, -0.1) is 11.3 Å². The minimum Gasteiger partial charge on any atom is -0.390 e. The summed E-state index contributed by atoms with van der Waals surface area (Å²) in [5.41, 5.74) is 6.49. The number of amides is 1. The minimum absolute atomic E-state index is 0.0601. The zero-order valence-corrected chi connectivity index (χ0v) is 19.3. The van der Waals surface area contributed by atoms with Crippen LogP contribution in [0.4, 0.5) is 5.00 Å². The largest absolute Gasteiger partial charge is 0.390 e. The predicted octanol–water partition coefficient (Wildman–Crippen LogP) is 3.69. The predicted molar refractivity (Wildman–Crippen MR) is 124 cm³/mol. The molecule has 3 fully saturated rings. The number of hydrogen-bond donors (Lipinski definition) is 2. The maximum absolute atomic E-state index is 13.3. The van der Waals surface area contributed by atoms with Crippen LogP contribution in [0.15, 0.2) is 24.3 Å². The first-order chi connectivity index (χ1) is 14.8. The maximum Gasteiger partial charge on any atom is 0.257 e. The highest BCUT2D eigenvalue weighted by molar-refractivity contribution is 7.23. The average Bonchev–Trinajstić information content (AvgIpc) is 3.19. The van der Waals surface area contributed by atoms with E-state index in [0.717, 1.165) is 68.4 Å². The van der Waals surface area contributed by atoms with Crippen molar-refractivity contribution in [2.24, 2.45) is 5.41 Å². The van der Waals surface area contributed by atoms with Gasteiger partial charge in [0.25, 0.3) is 5.91 Å². The topological polar surface area (TPSA) is 79.0 Å². The van der Waals surface area contributed by atoms with Crippen LogP contribution in [0, 0.1) is 5.41 Å². The fraction of sp³-hybridized carbons (Fsp3) is 0.625. The molecule has 1 aromatic carbocycles. The van der Waals surface area contributed by atoms with Crippen molar-refractivity contribution < 1.29 is 14.6 Å². The van der Waals surface area contributed by atoms with Gasteiger partial charge >= 0.3 is 0 Å². The second kappa shape index (κ2) is 7.73. The molecule has 0 aliphatic carbocycles. The molecule has 3 aliphatic rings. The fourth-order valence-electron chi connectivity index (χ4n) is 6.14. The van der Waals surface area contributed by atoms with E-state index in [-0.39, 0.29) is 16.9 Å². The van der Waals surface area contributed by atoms with E-state index in [4.69, 9.17) is 10.5 Å². The van der Waals surface area contributed by atoms with E-state index in [1.54, 1.807) is 0 Å². The summed E-state index contributed by atoms with van der Waals surface area (Å²) in [6.45, 7) is 7.61. The third kappa shape index (κ3) is 3.75. The van der Waals surface area contributed by atoms with Crippen LogP contribution in [0.25, 0.3) is 10.1 Å². The lowest BCUT2D eigenvalue weighted by atomic mass is 9.74.